The molecule has 19 heavy (non-hydrogen) atoms. The Balaban J connectivity index is 2.23. The molecule has 1 aromatic rings. The van der Waals surface area contributed by atoms with E-state index in [4.69, 9.17) is 0 Å². The summed E-state index contributed by atoms with van der Waals surface area (Å²) in [7, 11) is -3.23. The van der Waals surface area contributed by atoms with Crippen LogP contribution in [0.5, 0.6) is 0 Å². The molecule has 2 heterocycles. The van der Waals surface area contributed by atoms with Gasteiger partial charge in [0.25, 0.3) is 0 Å². The third-order valence-corrected chi connectivity index (χ3v) is 5.36. The molecule has 1 aliphatic rings. The van der Waals surface area contributed by atoms with Crippen LogP contribution in [-0.2, 0) is 10.0 Å². The van der Waals surface area contributed by atoms with Gasteiger partial charge in [0.05, 0.1) is 17.5 Å². The highest BCUT2D eigenvalue weighted by Crippen LogP contribution is 2.32. The predicted molar refractivity (Wildman–Crippen MR) is 75.2 cm³/mol. The summed E-state index contributed by atoms with van der Waals surface area (Å²) in [6, 6.07) is 1.82. The minimum Gasteiger partial charge on any atom is -0.283 e. The Kier molecular flexibility index (Phi) is 4.42. The second kappa shape index (κ2) is 5.88. The number of H-pyrrole nitrogens is 1. The monoisotopic (exact) mass is 283 g/mol. The maximum absolute atomic E-state index is 12.4. The van der Waals surface area contributed by atoms with Crippen molar-refractivity contribution in [3.63, 3.8) is 0 Å². The van der Waals surface area contributed by atoms with Gasteiger partial charge >= 0.3 is 0 Å². The summed E-state index contributed by atoms with van der Waals surface area (Å²) in [4.78, 5) is 0. The van der Waals surface area contributed by atoms with E-state index in [1.54, 1.807) is 10.4 Å². The van der Waals surface area contributed by atoms with Crippen molar-refractivity contribution in [1.82, 2.24) is 14.5 Å². The van der Waals surface area contributed by atoms with Crippen molar-refractivity contribution >= 4 is 10.0 Å². The van der Waals surface area contributed by atoms with E-state index in [1.807, 2.05) is 13.0 Å². The van der Waals surface area contributed by atoms with Crippen molar-refractivity contribution in [3.8, 4) is 0 Å². The molecule has 0 bridgehead atoms. The Morgan fingerprint density at radius 3 is 3.00 bits per heavy atom. The number of hydrogen-bond acceptors (Lipinski definition) is 3. The van der Waals surface area contributed by atoms with Crippen LogP contribution in [-0.4, -0.2) is 35.2 Å². The van der Waals surface area contributed by atoms with Crippen LogP contribution in [0.3, 0.4) is 0 Å². The van der Waals surface area contributed by atoms with Crippen molar-refractivity contribution in [2.75, 3.05) is 12.3 Å². The standard InChI is InChI=1S/C13H21N3O2S/c1-3-4-9-19(17,18)16-8-6-5-7-13(16)12-10-11(2)14-15-12/h3,10,13H,1,4-9H2,2H3,(H,14,15). The highest BCUT2D eigenvalue weighted by molar-refractivity contribution is 7.89. The first-order valence-corrected chi connectivity index (χ1v) is 8.28. The Morgan fingerprint density at radius 2 is 2.37 bits per heavy atom. The molecule has 1 atom stereocenters. The van der Waals surface area contributed by atoms with E-state index in [1.165, 1.54) is 0 Å². The van der Waals surface area contributed by atoms with Crippen LogP contribution < -0.4 is 0 Å². The molecular formula is C13H21N3O2S. The number of sulfonamides is 1. The van der Waals surface area contributed by atoms with E-state index in [0.29, 0.717) is 13.0 Å². The van der Waals surface area contributed by atoms with Gasteiger partial charge in [-0.25, -0.2) is 8.42 Å². The first-order chi connectivity index (χ1) is 9.04. The third kappa shape index (κ3) is 3.25. The molecule has 106 valence electrons. The summed E-state index contributed by atoms with van der Waals surface area (Å²) < 4.78 is 26.4. The second-order valence-electron chi connectivity index (χ2n) is 4.99. The Labute approximate surface area is 114 Å². The molecule has 1 aromatic heterocycles. The van der Waals surface area contributed by atoms with Gasteiger partial charge in [-0.2, -0.15) is 9.40 Å². The largest absolute Gasteiger partial charge is 0.283 e. The fraction of sp³-hybridized carbons (Fsp3) is 0.615. The molecule has 0 radical (unpaired) electrons. The van der Waals surface area contributed by atoms with Crippen LogP contribution in [0, 0.1) is 6.92 Å². The van der Waals surface area contributed by atoms with E-state index in [9.17, 15) is 8.42 Å². The Hall–Kier alpha value is -1.14. The van der Waals surface area contributed by atoms with Gasteiger partial charge in [0.15, 0.2) is 0 Å². The van der Waals surface area contributed by atoms with E-state index >= 15 is 0 Å². The number of nitrogens with zero attached hydrogens (tertiary/aromatic N) is 2. The lowest BCUT2D eigenvalue weighted by atomic mass is 10.0. The van der Waals surface area contributed by atoms with Gasteiger partial charge in [-0.1, -0.05) is 12.5 Å². The van der Waals surface area contributed by atoms with Crippen LogP contribution in [0.15, 0.2) is 18.7 Å². The fourth-order valence-electron chi connectivity index (χ4n) is 2.49. The number of rotatable bonds is 5. The smallest absolute Gasteiger partial charge is 0.215 e. The van der Waals surface area contributed by atoms with Gasteiger partial charge in [-0.3, -0.25) is 5.10 Å². The van der Waals surface area contributed by atoms with Gasteiger partial charge in [0, 0.05) is 12.2 Å². The van der Waals surface area contributed by atoms with Crippen molar-refractivity contribution in [2.24, 2.45) is 0 Å². The van der Waals surface area contributed by atoms with Gasteiger partial charge in [-0.05, 0) is 32.3 Å². The summed E-state index contributed by atoms with van der Waals surface area (Å²) in [5.41, 5.74) is 1.79. The van der Waals surface area contributed by atoms with Crippen molar-refractivity contribution in [1.29, 1.82) is 0 Å². The van der Waals surface area contributed by atoms with E-state index < -0.39 is 10.0 Å². The molecule has 0 aliphatic carbocycles. The zero-order chi connectivity index (χ0) is 13.9. The lowest BCUT2D eigenvalue weighted by Gasteiger charge is -2.33. The lowest BCUT2D eigenvalue weighted by molar-refractivity contribution is 0.251. The topological polar surface area (TPSA) is 66.1 Å². The molecule has 0 saturated carbocycles. The summed E-state index contributed by atoms with van der Waals surface area (Å²) in [6.07, 6.45) is 4.95. The molecule has 0 aromatic carbocycles. The average Bonchev–Trinajstić information content (AvgIpc) is 2.83. The molecule has 1 aliphatic heterocycles. The highest BCUT2D eigenvalue weighted by Gasteiger charge is 2.33. The Bertz CT molecular complexity index is 536. The minimum absolute atomic E-state index is 0.117. The maximum Gasteiger partial charge on any atom is 0.215 e. The first-order valence-electron chi connectivity index (χ1n) is 6.67. The van der Waals surface area contributed by atoms with Crippen molar-refractivity contribution < 1.29 is 8.42 Å². The summed E-state index contributed by atoms with van der Waals surface area (Å²) in [5.74, 6) is 0.135. The Morgan fingerprint density at radius 1 is 1.58 bits per heavy atom. The summed E-state index contributed by atoms with van der Waals surface area (Å²) in [5, 5.41) is 7.13. The van der Waals surface area contributed by atoms with E-state index in [2.05, 4.69) is 16.8 Å². The molecule has 1 N–H and O–H groups in total. The average molecular weight is 283 g/mol. The third-order valence-electron chi connectivity index (χ3n) is 3.46. The number of aryl methyl sites for hydroxylation is 1. The number of piperidine rings is 1. The first kappa shape index (κ1) is 14.3. The zero-order valence-electron chi connectivity index (χ0n) is 11.3. The summed E-state index contributed by atoms with van der Waals surface area (Å²) >= 11 is 0. The quantitative estimate of drug-likeness (QED) is 0.842. The molecule has 2 rings (SSSR count). The van der Waals surface area contributed by atoms with E-state index in [0.717, 1.165) is 30.7 Å². The number of allylic oxidation sites excluding steroid dienone is 1. The molecular weight excluding hydrogens is 262 g/mol. The molecule has 1 fully saturated rings. The van der Waals surface area contributed by atoms with Gasteiger partial charge < -0.3 is 0 Å². The van der Waals surface area contributed by atoms with E-state index in [-0.39, 0.29) is 11.8 Å². The maximum atomic E-state index is 12.4. The fourth-order valence-corrected chi connectivity index (χ4v) is 4.20. The van der Waals surface area contributed by atoms with Gasteiger partial charge in [-0.15, -0.1) is 6.58 Å². The van der Waals surface area contributed by atoms with Crippen LogP contribution in [0.2, 0.25) is 0 Å². The summed E-state index contributed by atoms with van der Waals surface area (Å²) in [6.45, 7) is 6.11. The minimum atomic E-state index is -3.23. The lowest BCUT2D eigenvalue weighted by Crippen LogP contribution is -2.39. The number of nitrogens with one attached hydrogen (secondary N) is 1. The molecule has 5 nitrogen and oxygen atoms in total. The molecule has 0 amide bonds. The normalized spacial score (nSPS) is 21.4. The van der Waals surface area contributed by atoms with Crippen molar-refractivity contribution in [2.45, 2.75) is 38.6 Å². The highest BCUT2D eigenvalue weighted by atomic mass is 32.2. The number of aromatic amines is 1. The number of hydrogen-bond donors (Lipinski definition) is 1. The molecule has 1 saturated heterocycles. The van der Waals surface area contributed by atoms with Crippen LogP contribution >= 0.6 is 0 Å². The molecule has 1 unspecified atom stereocenters. The van der Waals surface area contributed by atoms with Crippen LogP contribution in [0.4, 0.5) is 0 Å². The second-order valence-corrected chi connectivity index (χ2v) is 7.03. The van der Waals surface area contributed by atoms with Gasteiger partial charge in [0.2, 0.25) is 10.0 Å². The SMILES string of the molecule is C=CCCS(=O)(=O)N1CCCCC1c1cc(C)[nH]n1. The van der Waals surface area contributed by atoms with Gasteiger partial charge in [0.1, 0.15) is 0 Å². The van der Waals surface area contributed by atoms with Crippen molar-refractivity contribution in [3.05, 3.63) is 30.1 Å². The predicted octanol–water partition coefficient (Wildman–Crippen LogP) is 2.15. The molecule has 0 spiro atoms. The number of aromatic nitrogens is 2. The van der Waals surface area contributed by atoms with Crippen LogP contribution in [0.1, 0.15) is 43.1 Å². The van der Waals surface area contributed by atoms with Crippen LogP contribution in [0.25, 0.3) is 0 Å². The molecule has 6 heteroatoms. The zero-order valence-corrected chi connectivity index (χ0v) is 12.1.